The lowest BCUT2D eigenvalue weighted by Crippen LogP contribution is -2.44. The maximum absolute atomic E-state index is 15.4. The Kier molecular flexibility index (Phi) is 7.63. The number of phenolic OH excluding ortho intramolecular Hbond substituents is 1. The SMILES string of the molecule is Cn1c(=O)n(C2CCC(=O)NC2=O)c2ccc(-c3ccc(C[C@@H]4CC4CNc4ccc5c(F)c(N6CC(=O)NS6(=O)=O)c(O)cc5c4)cc3)cc21. The summed E-state index contributed by atoms with van der Waals surface area (Å²) in [5, 5.41) is 16.8. The summed E-state index contributed by atoms with van der Waals surface area (Å²) in [6.45, 7) is 0.0900. The van der Waals surface area contributed by atoms with Crippen molar-refractivity contribution in [3.8, 4) is 16.9 Å². The van der Waals surface area contributed by atoms with Crippen molar-refractivity contribution >= 4 is 61.1 Å². The van der Waals surface area contributed by atoms with E-state index in [1.165, 1.54) is 26.8 Å². The lowest BCUT2D eigenvalue weighted by Gasteiger charge is -2.21. The fourth-order valence-electron chi connectivity index (χ4n) is 7.30. The molecule has 2 unspecified atom stereocenters. The molecule has 3 atom stereocenters. The number of phenols is 1. The highest BCUT2D eigenvalue weighted by Crippen LogP contribution is 2.42. The molecule has 3 fully saturated rings. The number of benzene rings is 4. The molecule has 3 aliphatic rings. The average Bonchev–Trinajstić information content (AvgIpc) is 3.71. The van der Waals surface area contributed by atoms with E-state index in [0.717, 1.165) is 29.7 Å². The van der Waals surface area contributed by atoms with Crippen LogP contribution >= 0.6 is 0 Å². The second kappa shape index (κ2) is 12.0. The summed E-state index contributed by atoms with van der Waals surface area (Å²) >= 11 is 0. The van der Waals surface area contributed by atoms with E-state index >= 15 is 4.39 Å². The summed E-state index contributed by atoms with van der Waals surface area (Å²) in [6, 6.07) is 19.5. The Morgan fingerprint density at radius 1 is 0.922 bits per heavy atom. The number of hydrogen-bond donors (Lipinski definition) is 4. The zero-order chi connectivity index (χ0) is 35.8. The molecule has 51 heavy (non-hydrogen) atoms. The predicted molar refractivity (Wildman–Crippen MR) is 188 cm³/mol. The molecular formula is C36H33FN6O7S. The van der Waals surface area contributed by atoms with Gasteiger partial charge >= 0.3 is 15.9 Å². The first-order valence-electron chi connectivity index (χ1n) is 16.5. The molecule has 0 bridgehead atoms. The van der Waals surface area contributed by atoms with Crippen LogP contribution in [0.1, 0.15) is 30.9 Å². The Morgan fingerprint density at radius 3 is 2.41 bits per heavy atom. The largest absolute Gasteiger partial charge is 0.506 e. The number of aromatic nitrogens is 2. The van der Waals surface area contributed by atoms with Crippen molar-refractivity contribution < 1.29 is 32.3 Å². The third kappa shape index (κ3) is 5.76. The summed E-state index contributed by atoms with van der Waals surface area (Å²) in [6.07, 6.45) is 2.42. The van der Waals surface area contributed by atoms with Crippen LogP contribution in [0.15, 0.2) is 71.5 Å². The number of carbonyl (C=O) groups is 3. The number of aromatic hydroxyl groups is 1. The molecule has 15 heteroatoms. The summed E-state index contributed by atoms with van der Waals surface area (Å²) in [4.78, 5) is 48.9. The van der Waals surface area contributed by atoms with Gasteiger partial charge in [0, 0.05) is 31.1 Å². The maximum Gasteiger partial charge on any atom is 0.329 e. The van der Waals surface area contributed by atoms with E-state index in [1.54, 1.807) is 23.9 Å². The Hall–Kier alpha value is -5.70. The lowest BCUT2D eigenvalue weighted by atomic mass is 10.0. The minimum Gasteiger partial charge on any atom is -0.506 e. The van der Waals surface area contributed by atoms with Gasteiger partial charge in [-0.2, -0.15) is 8.42 Å². The van der Waals surface area contributed by atoms with Crippen LogP contribution in [0, 0.1) is 17.7 Å². The van der Waals surface area contributed by atoms with E-state index in [2.05, 4.69) is 34.9 Å². The van der Waals surface area contributed by atoms with Crippen molar-refractivity contribution in [1.29, 1.82) is 0 Å². The zero-order valence-corrected chi connectivity index (χ0v) is 28.2. The van der Waals surface area contributed by atoms with Crippen LogP contribution in [0.25, 0.3) is 32.9 Å². The molecule has 0 spiro atoms. The normalized spacial score (nSPS) is 21.3. The molecule has 3 heterocycles. The van der Waals surface area contributed by atoms with E-state index in [-0.39, 0.29) is 29.8 Å². The van der Waals surface area contributed by atoms with Crippen molar-refractivity contribution in [2.45, 2.75) is 31.7 Å². The molecule has 1 aliphatic carbocycles. The van der Waals surface area contributed by atoms with E-state index in [4.69, 9.17) is 0 Å². The Bertz CT molecular complexity index is 2480. The first-order chi connectivity index (χ1) is 24.4. The van der Waals surface area contributed by atoms with E-state index in [9.17, 15) is 32.7 Å². The molecule has 3 amide bonds. The molecule has 4 N–H and O–H groups in total. The number of nitrogens with one attached hydrogen (secondary N) is 3. The quantitative estimate of drug-likeness (QED) is 0.177. The molecule has 2 aliphatic heterocycles. The number of piperidine rings is 1. The summed E-state index contributed by atoms with van der Waals surface area (Å²) in [7, 11) is -2.61. The highest BCUT2D eigenvalue weighted by Gasteiger charge is 2.38. The smallest absolute Gasteiger partial charge is 0.329 e. The molecule has 4 aromatic carbocycles. The Balaban J connectivity index is 0.907. The lowest BCUT2D eigenvalue weighted by molar-refractivity contribution is -0.135. The summed E-state index contributed by atoms with van der Waals surface area (Å²) in [5.41, 5.74) is 4.33. The number of aryl methyl sites for hydroxylation is 1. The molecule has 2 saturated heterocycles. The number of fused-ring (bicyclic) bond motifs is 2. The second-order valence-corrected chi connectivity index (χ2v) is 15.0. The molecule has 5 aromatic rings. The molecule has 0 radical (unpaired) electrons. The molecule has 1 saturated carbocycles. The van der Waals surface area contributed by atoms with Crippen molar-refractivity contribution in [2.75, 3.05) is 22.7 Å². The van der Waals surface area contributed by atoms with Crippen molar-refractivity contribution in [1.82, 2.24) is 19.2 Å². The van der Waals surface area contributed by atoms with Gasteiger partial charge in [0.25, 0.3) is 5.91 Å². The van der Waals surface area contributed by atoms with Crippen molar-refractivity contribution in [3.63, 3.8) is 0 Å². The standard InChI is InChI=1S/C36H33FN6O7S/c1-41-29-15-21(6-9-27(29)43(36(41)48)28-10-11-31(45)39-35(28)47)20-4-2-19(3-5-20)12-22-13-24(22)17-38-25-7-8-26-23(14-25)16-30(44)34(33(26)37)42-18-32(46)40-51(42,49)50/h2-9,14-16,22,24,28,38,44H,10-13,17-18H2,1H3,(H,40,46)(H,39,45,47)/t22-,24?,28?/m1/s1. The van der Waals surface area contributed by atoms with Crippen LogP contribution in [0.3, 0.4) is 0 Å². The number of imidazole rings is 1. The zero-order valence-electron chi connectivity index (χ0n) is 27.4. The van der Waals surface area contributed by atoms with Crippen molar-refractivity contribution in [2.24, 2.45) is 18.9 Å². The number of imide groups is 1. The summed E-state index contributed by atoms with van der Waals surface area (Å²) in [5.74, 6) is -2.19. The topological polar surface area (TPSA) is 172 Å². The molecule has 8 rings (SSSR count). The highest BCUT2D eigenvalue weighted by molar-refractivity contribution is 7.92. The van der Waals surface area contributed by atoms with Gasteiger partial charge in [-0.1, -0.05) is 30.3 Å². The Morgan fingerprint density at radius 2 is 1.69 bits per heavy atom. The maximum atomic E-state index is 15.4. The van der Waals surface area contributed by atoms with E-state index in [0.29, 0.717) is 39.1 Å². The number of rotatable bonds is 8. The third-order valence-electron chi connectivity index (χ3n) is 10.1. The predicted octanol–water partition coefficient (Wildman–Crippen LogP) is 3.45. The van der Waals surface area contributed by atoms with Crippen LogP contribution in [-0.2, 0) is 38.1 Å². The van der Waals surface area contributed by atoms with Gasteiger partial charge in [-0.25, -0.2) is 18.2 Å². The molecule has 262 valence electrons. The van der Waals surface area contributed by atoms with Gasteiger partial charge in [0.05, 0.1) is 11.0 Å². The van der Waals surface area contributed by atoms with Gasteiger partial charge in [0.15, 0.2) is 5.82 Å². The number of nitrogens with zero attached hydrogens (tertiary/aromatic N) is 3. The third-order valence-corrected chi connectivity index (χ3v) is 11.5. The number of halogens is 1. The minimum atomic E-state index is -4.29. The first kappa shape index (κ1) is 32.5. The first-order valence-corrected chi connectivity index (χ1v) is 18.0. The fourth-order valence-corrected chi connectivity index (χ4v) is 8.46. The van der Waals surface area contributed by atoms with Crippen LogP contribution in [0.4, 0.5) is 15.8 Å². The molecular weight excluding hydrogens is 679 g/mol. The van der Waals surface area contributed by atoms with Gasteiger partial charge in [-0.3, -0.25) is 28.8 Å². The highest BCUT2D eigenvalue weighted by atomic mass is 32.2. The van der Waals surface area contributed by atoms with Gasteiger partial charge < -0.3 is 10.4 Å². The van der Waals surface area contributed by atoms with Gasteiger partial charge in [0.2, 0.25) is 11.8 Å². The van der Waals surface area contributed by atoms with Crippen LogP contribution in [0.2, 0.25) is 0 Å². The Labute approximate surface area is 290 Å². The monoisotopic (exact) mass is 712 g/mol. The van der Waals surface area contributed by atoms with Gasteiger partial charge in [-0.15, -0.1) is 0 Å². The number of hydrogen-bond acceptors (Lipinski definition) is 8. The fraction of sp³-hybridized carbons (Fsp3) is 0.278. The van der Waals surface area contributed by atoms with E-state index in [1.807, 2.05) is 18.2 Å². The average molecular weight is 713 g/mol. The summed E-state index contributed by atoms with van der Waals surface area (Å²) < 4.78 is 45.2. The van der Waals surface area contributed by atoms with Crippen molar-refractivity contribution in [3.05, 3.63) is 88.6 Å². The minimum absolute atomic E-state index is 0.116. The number of anilines is 2. The van der Waals surface area contributed by atoms with Gasteiger partial charge in [0.1, 0.15) is 24.0 Å². The van der Waals surface area contributed by atoms with Crippen LogP contribution in [-0.4, -0.2) is 53.5 Å². The number of carbonyl (C=O) groups excluding carboxylic acids is 3. The van der Waals surface area contributed by atoms with E-state index < -0.39 is 51.9 Å². The van der Waals surface area contributed by atoms with Gasteiger partial charge in [-0.05, 0) is 89.6 Å². The second-order valence-electron chi connectivity index (χ2n) is 13.5. The molecule has 1 aromatic heterocycles. The van der Waals surface area contributed by atoms with Crippen LogP contribution in [0.5, 0.6) is 5.75 Å². The van der Waals surface area contributed by atoms with Crippen LogP contribution < -0.4 is 25.4 Å². The molecule has 13 nitrogen and oxygen atoms in total. The number of amides is 3.